The molecular formula is C13H29N3. The summed E-state index contributed by atoms with van der Waals surface area (Å²) in [5.74, 6) is 0. The molecule has 0 aromatic carbocycles. The summed E-state index contributed by atoms with van der Waals surface area (Å²) in [5.41, 5.74) is 0.643. The van der Waals surface area contributed by atoms with Gasteiger partial charge in [0, 0.05) is 24.2 Å². The van der Waals surface area contributed by atoms with Crippen molar-refractivity contribution in [1.29, 1.82) is 0 Å². The Morgan fingerprint density at radius 1 is 1.19 bits per heavy atom. The molecule has 0 amide bonds. The fourth-order valence-corrected chi connectivity index (χ4v) is 2.64. The van der Waals surface area contributed by atoms with E-state index in [2.05, 4.69) is 50.1 Å². The van der Waals surface area contributed by atoms with Crippen LogP contribution in [0.4, 0.5) is 0 Å². The second-order valence-corrected chi connectivity index (χ2v) is 6.28. The Morgan fingerprint density at radius 3 is 2.06 bits per heavy atom. The molecule has 0 saturated heterocycles. The van der Waals surface area contributed by atoms with Crippen LogP contribution in [-0.4, -0.2) is 62.2 Å². The van der Waals surface area contributed by atoms with E-state index in [9.17, 15) is 0 Å². The van der Waals surface area contributed by atoms with Crippen LogP contribution in [0.15, 0.2) is 0 Å². The van der Waals surface area contributed by atoms with E-state index < -0.39 is 0 Å². The molecule has 0 unspecified atom stereocenters. The van der Waals surface area contributed by atoms with E-state index in [1.807, 2.05) is 7.05 Å². The quantitative estimate of drug-likeness (QED) is 0.740. The number of hydrogen-bond donors (Lipinski definition) is 1. The molecule has 0 heterocycles. The van der Waals surface area contributed by atoms with E-state index in [-0.39, 0.29) is 5.54 Å². The number of nitrogens with zero attached hydrogens (tertiary/aromatic N) is 2. The highest BCUT2D eigenvalue weighted by atomic mass is 15.2. The summed E-state index contributed by atoms with van der Waals surface area (Å²) in [6, 6.07) is 0. The monoisotopic (exact) mass is 227 g/mol. The average molecular weight is 227 g/mol. The highest BCUT2D eigenvalue weighted by Gasteiger charge is 2.40. The Kier molecular flexibility index (Phi) is 4.38. The summed E-state index contributed by atoms with van der Waals surface area (Å²) >= 11 is 0. The molecule has 0 aromatic heterocycles. The third-order valence-corrected chi connectivity index (χ3v) is 4.14. The number of hydrogen-bond acceptors (Lipinski definition) is 3. The summed E-state index contributed by atoms with van der Waals surface area (Å²) in [6.45, 7) is 6.80. The predicted octanol–water partition coefficient (Wildman–Crippen LogP) is 1.40. The molecule has 0 aromatic rings. The Morgan fingerprint density at radius 2 is 1.75 bits per heavy atom. The molecule has 1 fully saturated rings. The van der Waals surface area contributed by atoms with Crippen LogP contribution in [0.25, 0.3) is 0 Å². The largest absolute Gasteiger partial charge is 0.314 e. The summed E-state index contributed by atoms with van der Waals surface area (Å²) in [5, 5.41) is 3.37. The van der Waals surface area contributed by atoms with Gasteiger partial charge in [0.25, 0.3) is 0 Å². The summed E-state index contributed by atoms with van der Waals surface area (Å²) in [7, 11) is 8.72. The van der Waals surface area contributed by atoms with Crippen LogP contribution in [0.3, 0.4) is 0 Å². The highest BCUT2D eigenvalue weighted by Crippen LogP contribution is 2.36. The molecule has 0 aliphatic heterocycles. The highest BCUT2D eigenvalue weighted by molar-refractivity contribution is 4.98. The molecule has 16 heavy (non-hydrogen) atoms. The van der Waals surface area contributed by atoms with Gasteiger partial charge in [-0.1, -0.05) is 0 Å². The van der Waals surface area contributed by atoms with E-state index in [4.69, 9.17) is 0 Å². The zero-order valence-electron chi connectivity index (χ0n) is 11.9. The van der Waals surface area contributed by atoms with Gasteiger partial charge in [-0.2, -0.15) is 0 Å². The van der Waals surface area contributed by atoms with Crippen LogP contribution in [0.2, 0.25) is 0 Å². The van der Waals surface area contributed by atoms with Crippen LogP contribution in [0, 0.1) is 0 Å². The third-order valence-electron chi connectivity index (χ3n) is 4.14. The molecule has 1 rings (SSSR count). The Labute approximate surface area is 101 Å². The molecule has 0 radical (unpaired) electrons. The maximum absolute atomic E-state index is 3.37. The van der Waals surface area contributed by atoms with Crippen molar-refractivity contribution in [3.05, 3.63) is 0 Å². The Hall–Kier alpha value is -0.120. The number of likely N-dealkylation sites (N-methyl/N-ethyl adjacent to an activating group) is 3. The molecule has 3 heteroatoms. The van der Waals surface area contributed by atoms with Gasteiger partial charge in [-0.05, 0) is 61.3 Å². The van der Waals surface area contributed by atoms with Crippen molar-refractivity contribution in [2.45, 2.75) is 44.2 Å². The molecule has 1 aliphatic rings. The van der Waals surface area contributed by atoms with Gasteiger partial charge in [-0.15, -0.1) is 0 Å². The molecule has 1 N–H and O–H groups in total. The standard InChI is InChI=1S/C13H29N3/c1-12(2,14-3)10-16(6)11-13(15(4)5)8-7-9-13/h14H,7-11H2,1-6H3. The topological polar surface area (TPSA) is 18.5 Å². The maximum Gasteiger partial charge on any atom is 0.0330 e. The SMILES string of the molecule is CNC(C)(C)CN(C)CC1(N(C)C)CCC1. The van der Waals surface area contributed by atoms with Gasteiger partial charge in [0.1, 0.15) is 0 Å². The summed E-state index contributed by atoms with van der Waals surface area (Å²) in [4.78, 5) is 4.88. The summed E-state index contributed by atoms with van der Waals surface area (Å²) in [6.07, 6.45) is 4.09. The molecule has 3 nitrogen and oxygen atoms in total. The first kappa shape index (κ1) is 13.9. The number of rotatable bonds is 6. The van der Waals surface area contributed by atoms with E-state index in [0.717, 1.165) is 6.54 Å². The molecule has 1 saturated carbocycles. The minimum Gasteiger partial charge on any atom is -0.314 e. The Bertz CT molecular complexity index is 219. The van der Waals surface area contributed by atoms with E-state index in [1.54, 1.807) is 0 Å². The lowest BCUT2D eigenvalue weighted by molar-refractivity contribution is 0.0225. The minimum atomic E-state index is 0.200. The molecular weight excluding hydrogens is 198 g/mol. The first-order chi connectivity index (χ1) is 7.31. The van der Waals surface area contributed by atoms with Gasteiger partial charge in [-0.3, -0.25) is 0 Å². The fourth-order valence-electron chi connectivity index (χ4n) is 2.64. The second-order valence-electron chi connectivity index (χ2n) is 6.28. The van der Waals surface area contributed by atoms with Crippen LogP contribution < -0.4 is 5.32 Å². The van der Waals surface area contributed by atoms with E-state index in [1.165, 1.54) is 25.8 Å². The molecule has 0 spiro atoms. The predicted molar refractivity (Wildman–Crippen MR) is 70.9 cm³/mol. The smallest absolute Gasteiger partial charge is 0.0330 e. The van der Waals surface area contributed by atoms with E-state index >= 15 is 0 Å². The van der Waals surface area contributed by atoms with Crippen molar-refractivity contribution in [3.8, 4) is 0 Å². The van der Waals surface area contributed by atoms with Crippen LogP contribution >= 0.6 is 0 Å². The average Bonchev–Trinajstić information content (AvgIpc) is 2.10. The summed E-state index contributed by atoms with van der Waals surface area (Å²) < 4.78 is 0. The van der Waals surface area contributed by atoms with Crippen molar-refractivity contribution in [3.63, 3.8) is 0 Å². The maximum atomic E-state index is 3.37. The zero-order chi connectivity index (χ0) is 12.4. The molecule has 1 aliphatic carbocycles. The van der Waals surface area contributed by atoms with Gasteiger partial charge >= 0.3 is 0 Å². The van der Waals surface area contributed by atoms with Gasteiger partial charge in [0.15, 0.2) is 0 Å². The Balaban J connectivity index is 2.47. The fraction of sp³-hybridized carbons (Fsp3) is 1.00. The van der Waals surface area contributed by atoms with Gasteiger partial charge in [-0.25, -0.2) is 0 Å². The van der Waals surface area contributed by atoms with Crippen molar-refractivity contribution in [2.24, 2.45) is 0 Å². The van der Waals surface area contributed by atoms with Crippen LogP contribution in [0.5, 0.6) is 0 Å². The first-order valence-corrected chi connectivity index (χ1v) is 6.36. The second kappa shape index (κ2) is 5.03. The van der Waals surface area contributed by atoms with Crippen LogP contribution in [0.1, 0.15) is 33.1 Å². The van der Waals surface area contributed by atoms with Crippen molar-refractivity contribution in [2.75, 3.05) is 41.3 Å². The lowest BCUT2D eigenvalue weighted by atomic mass is 9.75. The van der Waals surface area contributed by atoms with Crippen LogP contribution in [-0.2, 0) is 0 Å². The first-order valence-electron chi connectivity index (χ1n) is 6.36. The normalized spacial score (nSPS) is 20.2. The lowest BCUT2D eigenvalue weighted by Gasteiger charge is -2.50. The molecule has 0 atom stereocenters. The van der Waals surface area contributed by atoms with Crippen molar-refractivity contribution >= 4 is 0 Å². The van der Waals surface area contributed by atoms with Gasteiger partial charge in [0.2, 0.25) is 0 Å². The lowest BCUT2D eigenvalue weighted by Crippen LogP contribution is -2.58. The number of nitrogens with one attached hydrogen (secondary N) is 1. The van der Waals surface area contributed by atoms with Gasteiger partial charge in [0.05, 0.1) is 0 Å². The zero-order valence-corrected chi connectivity index (χ0v) is 11.9. The van der Waals surface area contributed by atoms with E-state index in [0.29, 0.717) is 5.54 Å². The molecule has 96 valence electrons. The third kappa shape index (κ3) is 3.19. The minimum absolute atomic E-state index is 0.200. The van der Waals surface area contributed by atoms with Crippen molar-refractivity contribution in [1.82, 2.24) is 15.1 Å². The van der Waals surface area contributed by atoms with Crippen molar-refractivity contribution < 1.29 is 0 Å². The van der Waals surface area contributed by atoms with Gasteiger partial charge < -0.3 is 15.1 Å². The molecule has 0 bridgehead atoms.